The van der Waals surface area contributed by atoms with E-state index in [0.29, 0.717) is 12.0 Å². The van der Waals surface area contributed by atoms with Crippen molar-refractivity contribution in [1.82, 2.24) is 0 Å². The smallest absolute Gasteiger partial charge is 0.258 e. The van der Waals surface area contributed by atoms with Crippen LogP contribution in [0.5, 0.6) is 0 Å². The number of nitro groups is 1. The predicted molar refractivity (Wildman–Crippen MR) is 72.2 cm³/mol. The Morgan fingerprint density at radius 3 is 2.53 bits per heavy atom. The van der Waals surface area contributed by atoms with Crippen LogP contribution in [0.3, 0.4) is 0 Å². The van der Waals surface area contributed by atoms with Crippen molar-refractivity contribution in [1.29, 1.82) is 0 Å². The fourth-order valence-corrected chi connectivity index (χ4v) is 2.79. The molecule has 0 radical (unpaired) electrons. The van der Waals surface area contributed by atoms with Crippen molar-refractivity contribution in [2.24, 2.45) is 0 Å². The molecule has 1 rings (SSSR count). The number of alkyl halides is 1. The first-order chi connectivity index (χ1) is 7.88. The molecule has 0 N–H and O–H groups in total. The van der Waals surface area contributed by atoms with E-state index in [1.54, 1.807) is 0 Å². The Bertz CT molecular complexity index is 438. The van der Waals surface area contributed by atoms with Crippen molar-refractivity contribution in [2.75, 3.05) is 0 Å². The summed E-state index contributed by atoms with van der Waals surface area (Å²) < 4.78 is 13.6. The van der Waals surface area contributed by atoms with E-state index in [0.717, 1.165) is 0 Å². The normalized spacial score (nSPS) is 14.4. The van der Waals surface area contributed by atoms with Gasteiger partial charge in [0.05, 0.1) is 9.40 Å². The Labute approximate surface area is 116 Å². The Balaban J connectivity index is 3.39. The Morgan fingerprint density at radius 2 is 2.12 bits per heavy atom. The lowest BCUT2D eigenvalue weighted by molar-refractivity contribution is -0.385. The number of hydrogen-bond acceptors (Lipinski definition) is 2. The maximum atomic E-state index is 13.5. The average molecular weight is 369 g/mol. The van der Waals surface area contributed by atoms with Gasteiger partial charge in [0, 0.05) is 22.4 Å². The molecule has 0 saturated heterocycles. The maximum Gasteiger partial charge on any atom is 0.274 e. The number of hydrogen-bond donors (Lipinski definition) is 0. The fourth-order valence-electron chi connectivity index (χ4n) is 1.80. The Hall–Kier alpha value is -0.490. The van der Waals surface area contributed by atoms with Gasteiger partial charge in [-0.25, -0.2) is 4.39 Å². The van der Waals surface area contributed by atoms with E-state index in [1.165, 1.54) is 12.1 Å². The topological polar surface area (TPSA) is 43.1 Å². The van der Waals surface area contributed by atoms with Crippen molar-refractivity contribution in [2.45, 2.75) is 31.0 Å². The predicted octanol–water partition coefficient (Wildman–Crippen LogP) is 4.77. The third-order valence-corrected chi connectivity index (χ3v) is 3.91. The highest BCUT2D eigenvalue weighted by Gasteiger charge is 2.26. The fraction of sp³-hybridized carbons (Fsp3) is 0.455. The van der Waals surface area contributed by atoms with E-state index in [9.17, 15) is 14.5 Å². The van der Waals surface area contributed by atoms with Crippen LogP contribution in [0.1, 0.15) is 31.7 Å². The van der Waals surface area contributed by atoms with Gasteiger partial charge in [0.25, 0.3) is 5.69 Å². The standard InChI is InChI=1S/C11H12Br2FNO2/c1-3-7(6(2)12)8-4-10(14)9(13)5-11(8)15(16)17/h4-7H,3H2,1-2H3. The van der Waals surface area contributed by atoms with Crippen LogP contribution in [0.4, 0.5) is 10.1 Å². The Kier molecular flexibility index (Phi) is 5.06. The second kappa shape index (κ2) is 5.91. The highest BCUT2D eigenvalue weighted by Crippen LogP contribution is 2.36. The molecule has 0 fully saturated rings. The molecule has 2 atom stereocenters. The van der Waals surface area contributed by atoms with Gasteiger partial charge in [0.1, 0.15) is 5.82 Å². The zero-order valence-corrected chi connectivity index (χ0v) is 12.6. The number of halogens is 3. The summed E-state index contributed by atoms with van der Waals surface area (Å²) in [5.74, 6) is -0.560. The minimum Gasteiger partial charge on any atom is -0.258 e. The minimum absolute atomic E-state index is 0.0450. The number of rotatable bonds is 4. The van der Waals surface area contributed by atoms with E-state index in [4.69, 9.17) is 0 Å². The second-order valence-corrected chi connectivity index (χ2v) is 6.07. The zero-order chi connectivity index (χ0) is 13.2. The van der Waals surface area contributed by atoms with Gasteiger partial charge in [-0.1, -0.05) is 29.8 Å². The lowest BCUT2D eigenvalue weighted by atomic mass is 9.92. The molecule has 6 heteroatoms. The van der Waals surface area contributed by atoms with Crippen LogP contribution in [0.25, 0.3) is 0 Å². The van der Waals surface area contributed by atoms with Crippen molar-refractivity contribution >= 4 is 37.5 Å². The molecule has 0 aliphatic heterocycles. The van der Waals surface area contributed by atoms with Gasteiger partial charge in [0.15, 0.2) is 0 Å². The molecule has 0 heterocycles. The summed E-state index contributed by atoms with van der Waals surface area (Å²) in [7, 11) is 0. The number of benzene rings is 1. The van der Waals surface area contributed by atoms with Crippen LogP contribution in [0.15, 0.2) is 16.6 Å². The molecular weight excluding hydrogens is 357 g/mol. The monoisotopic (exact) mass is 367 g/mol. The molecule has 0 saturated carbocycles. The molecule has 1 aromatic carbocycles. The van der Waals surface area contributed by atoms with Crippen LogP contribution >= 0.6 is 31.9 Å². The van der Waals surface area contributed by atoms with Gasteiger partial charge in [-0.2, -0.15) is 0 Å². The highest BCUT2D eigenvalue weighted by molar-refractivity contribution is 9.10. The van der Waals surface area contributed by atoms with Crippen molar-refractivity contribution in [3.05, 3.63) is 38.1 Å². The molecule has 0 aromatic heterocycles. The first-order valence-corrected chi connectivity index (χ1v) is 6.86. The summed E-state index contributed by atoms with van der Waals surface area (Å²) in [6, 6.07) is 2.47. The molecule has 0 aliphatic carbocycles. The summed E-state index contributed by atoms with van der Waals surface area (Å²) in [6.07, 6.45) is 0.703. The summed E-state index contributed by atoms with van der Waals surface area (Å²) in [6.45, 7) is 3.82. The molecule has 0 amide bonds. The van der Waals surface area contributed by atoms with Crippen molar-refractivity contribution in [3.63, 3.8) is 0 Å². The quantitative estimate of drug-likeness (QED) is 0.436. The van der Waals surface area contributed by atoms with Crippen LogP contribution in [-0.2, 0) is 0 Å². The number of nitrogens with zero attached hydrogens (tertiary/aromatic N) is 1. The lowest BCUT2D eigenvalue weighted by Gasteiger charge is -2.18. The summed E-state index contributed by atoms with van der Waals surface area (Å²) in [5, 5.41) is 11.0. The van der Waals surface area contributed by atoms with E-state index in [2.05, 4.69) is 31.9 Å². The third kappa shape index (κ3) is 3.25. The lowest BCUT2D eigenvalue weighted by Crippen LogP contribution is -2.11. The molecule has 17 heavy (non-hydrogen) atoms. The maximum absolute atomic E-state index is 13.5. The third-order valence-electron chi connectivity index (χ3n) is 2.66. The molecule has 0 spiro atoms. The highest BCUT2D eigenvalue weighted by atomic mass is 79.9. The van der Waals surface area contributed by atoms with E-state index in [1.807, 2.05) is 13.8 Å². The zero-order valence-electron chi connectivity index (χ0n) is 9.41. The van der Waals surface area contributed by atoms with Crippen LogP contribution in [0, 0.1) is 15.9 Å². The van der Waals surface area contributed by atoms with Gasteiger partial charge in [-0.3, -0.25) is 10.1 Å². The molecule has 0 bridgehead atoms. The van der Waals surface area contributed by atoms with Crippen LogP contribution in [-0.4, -0.2) is 9.75 Å². The van der Waals surface area contributed by atoms with Gasteiger partial charge in [0.2, 0.25) is 0 Å². The molecule has 1 aromatic rings. The Morgan fingerprint density at radius 1 is 1.53 bits per heavy atom. The molecule has 94 valence electrons. The largest absolute Gasteiger partial charge is 0.274 e. The van der Waals surface area contributed by atoms with Gasteiger partial charge >= 0.3 is 0 Å². The minimum atomic E-state index is -0.475. The summed E-state index contributed by atoms with van der Waals surface area (Å²) in [4.78, 5) is 10.5. The SMILES string of the molecule is CCC(c1cc(F)c(Br)cc1[N+](=O)[O-])C(C)Br. The molecule has 0 aliphatic rings. The van der Waals surface area contributed by atoms with Crippen LogP contribution < -0.4 is 0 Å². The van der Waals surface area contributed by atoms with Crippen molar-refractivity contribution in [3.8, 4) is 0 Å². The molecule has 2 unspecified atom stereocenters. The van der Waals surface area contributed by atoms with E-state index in [-0.39, 0.29) is 20.9 Å². The first kappa shape index (κ1) is 14.6. The van der Waals surface area contributed by atoms with Crippen LogP contribution in [0.2, 0.25) is 0 Å². The van der Waals surface area contributed by atoms with E-state index >= 15 is 0 Å². The summed E-state index contributed by atoms with van der Waals surface area (Å²) >= 11 is 6.37. The molecular formula is C11H12Br2FNO2. The van der Waals surface area contributed by atoms with Gasteiger partial charge < -0.3 is 0 Å². The van der Waals surface area contributed by atoms with Gasteiger partial charge in [-0.15, -0.1) is 0 Å². The summed E-state index contributed by atoms with van der Waals surface area (Å²) in [5.41, 5.74) is 0.388. The first-order valence-electron chi connectivity index (χ1n) is 5.15. The van der Waals surface area contributed by atoms with Crippen molar-refractivity contribution < 1.29 is 9.31 Å². The average Bonchev–Trinajstić information content (AvgIpc) is 2.22. The number of nitro benzene ring substituents is 1. The van der Waals surface area contributed by atoms with E-state index < -0.39 is 10.7 Å². The second-order valence-electron chi connectivity index (χ2n) is 3.77. The molecule has 3 nitrogen and oxygen atoms in total. The van der Waals surface area contributed by atoms with Gasteiger partial charge in [-0.05, 0) is 28.4 Å².